The molecule has 0 spiro atoms. The molecule has 124 valence electrons. The molecule has 2 aromatic carbocycles. The van der Waals surface area contributed by atoms with Crippen LogP contribution in [0.25, 0.3) is 11.1 Å². The quantitative estimate of drug-likeness (QED) is 0.673. The molecule has 0 saturated carbocycles. The SMILES string of the molecule is CCB1c2ccccc2C(=O)c2oc(C(C)C)c(-c3ccccc3)c21. The van der Waals surface area contributed by atoms with E-state index in [0.29, 0.717) is 5.76 Å². The fourth-order valence-corrected chi connectivity index (χ4v) is 3.98. The van der Waals surface area contributed by atoms with Gasteiger partial charge in [-0.1, -0.05) is 87.2 Å². The standard InChI is InChI=1S/C22H21BO2/c1-4-23-17-13-9-8-12-16(17)20(24)22-19(23)18(21(25-22)14(2)3)15-10-6-5-7-11-15/h5-14H,4H2,1-3H3. The van der Waals surface area contributed by atoms with Crippen LogP contribution in [0.3, 0.4) is 0 Å². The highest BCUT2D eigenvalue weighted by Gasteiger charge is 2.39. The molecule has 1 aliphatic heterocycles. The topological polar surface area (TPSA) is 30.2 Å². The second-order valence-electron chi connectivity index (χ2n) is 6.98. The summed E-state index contributed by atoms with van der Waals surface area (Å²) in [6.45, 7) is 6.61. The van der Waals surface area contributed by atoms with E-state index in [1.54, 1.807) is 0 Å². The van der Waals surface area contributed by atoms with E-state index >= 15 is 0 Å². The van der Waals surface area contributed by atoms with Crippen molar-refractivity contribution in [3.8, 4) is 11.1 Å². The van der Waals surface area contributed by atoms with Crippen LogP contribution in [0.2, 0.25) is 6.32 Å². The Morgan fingerprint density at radius 2 is 1.68 bits per heavy atom. The Morgan fingerprint density at radius 3 is 2.36 bits per heavy atom. The van der Waals surface area contributed by atoms with Crippen LogP contribution in [-0.2, 0) is 0 Å². The van der Waals surface area contributed by atoms with Crippen molar-refractivity contribution in [1.82, 2.24) is 0 Å². The van der Waals surface area contributed by atoms with Crippen LogP contribution in [0.1, 0.15) is 48.6 Å². The molecule has 0 aliphatic carbocycles. The first-order valence-electron chi connectivity index (χ1n) is 8.99. The van der Waals surface area contributed by atoms with Gasteiger partial charge >= 0.3 is 0 Å². The lowest BCUT2D eigenvalue weighted by molar-refractivity contribution is 0.101. The molecule has 3 heteroatoms. The first kappa shape index (κ1) is 16.0. The predicted octanol–water partition coefficient (Wildman–Crippen LogP) is 4.24. The lowest BCUT2D eigenvalue weighted by atomic mass is 9.35. The fourth-order valence-electron chi connectivity index (χ4n) is 3.98. The maximum absolute atomic E-state index is 13.1. The van der Waals surface area contributed by atoms with Crippen LogP contribution in [0.15, 0.2) is 59.0 Å². The van der Waals surface area contributed by atoms with Crippen LogP contribution in [0.5, 0.6) is 0 Å². The monoisotopic (exact) mass is 328 g/mol. The molecule has 1 aliphatic rings. The number of carbonyl (C=O) groups is 1. The molecule has 0 fully saturated rings. The van der Waals surface area contributed by atoms with Crippen molar-refractivity contribution >= 4 is 23.4 Å². The van der Waals surface area contributed by atoms with Gasteiger partial charge in [-0.25, -0.2) is 0 Å². The molecule has 0 bridgehead atoms. The van der Waals surface area contributed by atoms with Crippen molar-refractivity contribution in [2.24, 2.45) is 0 Å². The smallest absolute Gasteiger partial charge is 0.227 e. The van der Waals surface area contributed by atoms with Gasteiger partial charge in [-0.15, -0.1) is 0 Å². The third kappa shape index (κ3) is 2.38. The molecule has 2 nitrogen and oxygen atoms in total. The molecule has 0 atom stereocenters. The maximum atomic E-state index is 13.1. The Labute approximate surface area is 149 Å². The van der Waals surface area contributed by atoms with Crippen molar-refractivity contribution < 1.29 is 9.21 Å². The highest BCUT2D eigenvalue weighted by Crippen LogP contribution is 2.34. The number of ketones is 1. The van der Waals surface area contributed by atoms with Gasteiger partial charge in [-0.2, -0.15) is 0 Å². The molecular weight excluding hydrogens is 307 g/mol. The van der Waals surface area contributed by atoms with Crippen molar-refractivity contribution in [2.45, 2.75) is 33.0 Å². The predicted molar refractivity (Wildman–Crippen MR) is 104 cm³/mol. The molecule has 0 unspecified atom stereocenters. The summed E-state index contributed by atoms with van der Waals surface area (Å²) >= 11 is 0. The molecule has 1 aromatic heterocycles. The van der Waals surface area contributed by atoms with Gasteiger partial charge in [0.25, 0.3) is 0 Å². The maximum Gasteiger partial charge on any atom is 0.227 e. The lowest BCUT2D eigenvalue weighted by Gasteiger charge is -2.22. The van der Waals surface area contributed by atoms with Gasteiger partial charge in [0.15, 0.2) is 5.76 Å². The van der Waals surface area contributed by atoms with Crippen LogP contribution in [0, 0.1) is 0 Å². The van der Waals surface area contributed by atoms with E-state index < -0.39 is 0 Å². The van der Waals surface area contributed by atoms with Gasteiger partial charge in [0.1, 0.15) is 5.76 Å². The van der Waals surface area contributed by atoms with Crippen molar-refractivity contribution in [3.05, 3.63) is 71.7 Å². The van der Waals surface area contributed by atoms with E-state index in [1.807, 2.05) is 36.4 Å². The van der Waals surface area contributed by atoms with Gasteiger partial charge in [-0.05, 0) is 11.0 Å². The number of benzene rings is 2. The Kier molecular flexibility index (Phi) is 3.87. The fraction of sp³-hybridized carbons (Fsp3) is 0.227. The molecule has 0 amide bonds. The molecule has 4 rings (SSSR count). The van der Waals surface area contributed by atoms with Gasteiger partial charge in [0.2, 0.25) is 12.5 Å². The minimum Gasteiger partial charge on any atom is -0.457 e. The zero-order valence-corrected chi connectivity index (χ0v) is 14.9. The van der Waals surface area contributed by atoms with Crippen LogP contribution < -0.4 is 10.9 Å². The summed E-state index contributed by atoms with van der Waals surface area (Å²) in [5.41, 5.74) is 5.21. The molecule has 3 aromatic rings. The summed E-state index contributed by atoms with van der Waals surface area (Å²) in [5, 5.41) is 0. The summed E-state index contributed by atoms with van der Waals surface area (Å²) in [6.07, 6.45) is 0.939. The zero-order valence-electron chi connectivity index (χ0n) is 14.9. The minimum absolute atomic E-state index is 0.0133. The van der Waals surface area contributed by atoms with Crippen LogP contribution in [0.4, 0.5) is 0 Å². The zero-order chi connectivity index (χ0) is 17.6. The molecule has 0 N–H and O–H groups in total. The first-order valence-corrected chi connectivity index (χ1v) is 8.99. The third-order valence-electron chi connectivity index (χ3n) is 5.10. The molecular formula is C22H21BO2. The number of carbonyl (C=O) groups excluding carboxylic acids is 1. The molecule has 0 saturated heterocycles. The minimum atomic E-state index is 0.0133. The van der Waals surface area contributed by atoms with E-state index in [1.165, 1.54) is 0 Å². The largest absolute Gasteiger partial charge is 0.457 e. The summed E-state index contributed by atoms with van der Waals surface area (Å²) in [6, 6.07) is 18.3. The Bertz CT molecular complexity index is 938. The van der Waals surface area contributed by atoms with Gasteiger partial charge in [-0.3, -0.25) is 4.79 Å². The summed E-state index contributed by atoms with van der Waals surface area (Å²) < 4.78 is 6.20. The highest BCUT2D eigenvalue weighted by atomic mass is 16.3. The summed E-state index contributed by atoms with van der Waals surface area (Å²) in [7, 11) is 0. The normalized spacial score (nSPS) is 13.1. The molecule has 0 radical (unpaired) electrons. The van der Waals surface area contributed by atoms with Gasteiger partial charge in [0, 0.05) is 17.0 Å². The van der Waals surface area contributed by atoms with E-state index in [-0.39, 0.29) is 18.4 Å². The Balaban J connectivity index is 2.05. The van der Waals surface area contributed by atoms with E-state index in [4.69, 9.17) is 4.42 Å². The van der Waals surface area contributed by atoms with Gasteiger partial charge < -0.3 is 4.42 Å². The second-order valence-corrected chi connectivity index (χ2v) is 6.98. The molecule has 25 heavy (non-hydrogen) atoms. The first-order chi connectivity index (χ1) is 12.1. The van der Waals surface area contributed by atoms with E-state index in [9.17, 15) is 4.79 Å². The number of rotatable bonds is 3. The van der Waals surface area contributed by atoms with Crippen molar-refractivity contribution in [2.75, 3.05) is 0 Å². The number of furan rings is 1. The van der Waals surface area contributed by atoms with E-state index in [2.05, 4.69) is 39.0 Å². The van der Waals surface area contributed by atoms with Crippen molar-refractivity contribution in [1.29, 1.82) is 0 Å². The van der Waals surface area contributed by atoms with Crippen LogP contribution in [-0.4, -0.2) is 12.5 Å². The molecule has 2 heterocycles. The Morgan fingerprint density at radius 1 is 1.00 bits per heavy atom. The second kappa shape index (κ2) is 6.07. The third-order valence-corrected chi connectivity index (χ3v) is 5.10. The number of hydrogen-bond acceptors (Lipinski definition) is 2. The Hall–Kier alpha value is -2.55. The average Bonchev–Trinajstić information content (AvgIpc) is 3.04. The number of hydrogen-bond donors (Lipinski definition) is 0. The summed E-state index contributed by atoms with van der Waals surface area (Å²) in [4.78, 5) is 13.1. The lowest BCUT2D eigenvalue weighted by Crippen LogP contribution is -2.50. The highest BCUT2D eigenvalue weighted by molar-refractivity contribution is 6.89. The average molecular weight is 328 g/mol. The van der Waals surface area contributed by atoms with E-state index in [0.717, 1.165) is 39.7 Å². The van der Waals surface area contributed by atoms with Crippen LogP contribution >= 0.6 is 0 Å². The number of fused-ring (bicyclic) bond motifs is 2. The van der Waals surface area contributed by atoms with Crippen molar-refractivity contribution in [3.63, 3.8) is 0 Å². The van der Waals surface area contributed by atoms with Gasteiger partial charge in [0.05, 0.1) is 0 Å². The summed E-state index contributed by atoms with van der Waals surface area (Å²) in [5.74, 6) is 1.68.